The van der Waals surface area contributed by atoms with Crippen LogP contribution in [0.25, 0.3) is 0 Å². The van der Waals surface area contributed by atoms with Crippen molar-refractivity contribution in [3.8, 4) is 0 Å². The van der Waals surface area contributed by atoms with Crippen LogP contribution in [-0.4, -0.2) is 37.5 Å². The first-order valence-corrected chi connectivity index (χ1v) is 9.07. The standard InChI is InChI=1S/C17H16ClF3N6OS/c18-13-3-1-2-12(4-13)7-26-8-14(5-22-26)24-16(29)25-15-6-23-27(9-15)11-28-10-17(19,20)21/h1-6,8-9H,7,10-11H2,(H2,24,25,29). The second-order valence-electron chi connectivity index (χ2n) is 6.00. The molecule has 2 N–H and O–H groups in total. The van der Waals surface area contributed by atoms with Crippen LogP contribution in [-0.2, 0) is 18.0 Å². The number of nitrogens with one attached hydrogen (secondary N) is 2. The summed E-state index contributed by atoms with van der Waals surface area (Å²) in [4.78, 5) is 0. The molecule has 0 unspecified atom stereocenters. The summed E-state index contributed by atoms with van der Waals surface area (Å²) < 4.78 is 43.7. The van der Waals surface area contributed by atoms with Gasteiger partial charge in [-0.3, -0.25) is 4.68 Å². The Kier molecular flexibility index (Phi) is 6.72. The van der Waals surface area contributed by atoms with Gasteiger partial charge in [0.05, 0.1) is 36.5 Å². The van der Waals surface area contributed by atoms with E-state index >= 15 is 0 Å². The number of hydrogen-bond acceptors (Lipinski definition) is 4. The number of anilines is 2. The average molecular weight is 445 g/mol. The maximum Gasteiger partial charge on any atom is 0.411 e. The van der Waals surface area contributed by atoms with Crippen LogP contribution >= 0.6 is 23.8 Å². The first-order valence-electron chi connectivity index (χ1n) is 8.29. The molecule has 0 saturated carbocycles. The lowest BCUT2D eigenvalue weighted by Crippen LogP contribution is -2.19. The van der Waals surface area contributed by atoms with Crippen LogP contribution in [0, 0.1) is 0 Å². The molecule has 3 rings (SSSR count). The number of thiocarbonyl (C=S) groups is 1. The predicted octanol–water partition coefficient (Wildman–Crippen LogP) is 4.13. The van der Waals surface area contributed by atoms with Gasteiger partial charge in [-0.1, -0.05) is 23.7 Å². The predicted molar refractivity (Wildman–Crippen MR) is 107 cm³/mol. The van der Waals surface area contributed by atoms with Crippen molar-refractivity contribution in [1.82, 2.24) is 19.6 Å². The molecule has 12 heteroatoms. The Hall–Kier alpha value is -2.63. The fourth-order valence-corrected chi connectivity index (χ4v) is 2.83. The monoisotopic (exact) mass is 444 g/mol. The van der Waals surface area contributed by atoms with Crippen LogP contribution in [0.5, 0.6) is 0 Å². The van der Waals surface area contributed by atoms with E-state index in [1.807, 2.05) is 18.2 Å². The molecule has 0 aliphatic rings. The highest BCUT2D eigenvalue weighted by Gasteiger charge is 2.27. The minimum atomic E-state index is -4.38. The van der Waals surface area contributed by atoms with Gasteiger partial charge >= 0.3 is 6.18 Å². The van der Waals surface area contributed by atoms with Crippen molar-refractivity contribution < 1.29 is 17.9 Å². The van der Waals surface area contributed by atoms with Gasteiger partial charge in [0, 0.05) is 11.2 Å². The van der Waals surface area contributed by atoms with E-state index in [1.54, 1.807) is 23.1 Å². The fourth-order valence-electron chi connectivity index (χ4n) is 2.38. The molecule has 0 bridgehead atoms. The summed E-state index contributed by atoms with van der Waals surface area (Å²) in [5, 5.41) is 15.0. The fraction of sp³-hybridized carbons (Fsp3) is 0.235. The van der Waals surface area contributed by atoms with Crippen molar-refractivity contribution in [2.45, 2.75) is 19.5 Å². The summed E-state index contributed by atoms with van der Waals surface area (Å²) in [5.41, 5.74) is 2.18. The summed E-state index contributed by atoms with van der Waals surface area (Å²) >= 11 is 11.2. The SMILES string of the molecule is FC(F)(F)COCn1cc(NC(=S)Nc2cnn(Cc3cccc(Cl)c3)c2)cn1. The van der Waals surface area contributed by atoms with Gasteiger partial charge in [-0.25, -0.2) is 4.68 Å². The number of alkyl halides is 3. The molecule has 154 valence electrons. The maximum absolute atomic E-state index is 12.1. The van der Waals surface area contributed by atoms with Crippen LogP contribution in [0.1, 0.15) is 5.56 Å². The van der Waals surface area contributed by atoms with Gasteiger partial charge in [0.15, 0.2) is 5.11 Å². The van der Waals surface area contributed by atoms with E-state index < -0.39 is 12.8 Å². The van der Waals surface area contributed by atoms with Crippen LogP contribution in [0.4, 0.5) is 24.5 Å². The third-order valence-corrected chi connectivity index (χ3v) is 3.94. The van der Waals surface area contributed by atoms with Crippen molar-refractivity contribution in [1.29, 1.82) is 0 Å². The smallest absolute Gasteiger partial charge is 0.350 e. The molecule has 2 aromatic heterocycles. The maximum atomic E-state index is 12.1. The molecular weight excluding hydrogens is 429 g/mol. The molecule has 0 fully saturated rings. The number of nitrogens with zero attached hydrogens (tertiary/aromatic N) is 4. The third-order valence-electron chi connectivity index (χ3n) is 3.51. The number of aromatic nitrogens is 4. The molecule has 0 saturated heterocycles. The van der Waals surface area contributed by atoms with E-state index in [1.165, 1.54) is 17.1 Å². The van der Waals surface area contributed by atoms with Gasteiger partial charge in [0.2, 0.25) is 0 Å². The third kappa shape index (κ3) is 7.04. The lowest BCUT2D eigenvalue weighted by molar-refractivity contribution is -0.182. The summed E-state index contributed by atoms with van der Waals surface area (Å²) in [6.07, 6.45) is 1.92. The van der Waals surface area contributed by atoms with Crippen LogP contribution in [0.15, 0.2) is 49.1 Å². The van der Waals surface area contributed by atoms with Crippen LogP contribution in [0.3, 0.4) is 0 Å². The van der Waals surface area contributed by atoms with E-state index in [4.69, 9.17) is 23.8 Å². The molecular formula is C17H16ClF3N6OS. The molecule has 0 spiro atoms. The highest BCUT2D eigenvalue weighted by Crippen LogP contribution is 2.15. The zero-order valence-corrected chi connectivity index (χ0v) is 16.4. The highest BCUT2D eigenvalue weighted by atomic mass is 35.5. The molecule has 29 heavy (non-hydrogen) atoms. The van der Waals surface area contributed by atoms with Crippen molar-refractivity contribution in [2.75, 3.05) is 17.2 Å². The minimum Gasteiger partial charge on any atom is -0.350 e. The summed E-state index contributed by atoms with van der Waals surface area (Å²) in [5.74, 6) is 0. The lowest BCUT2D eigenvalue weighted by atomic mass is 10.2. The molecule has 0 atom stereocenters. The van der Waals surface area contributed by atoms with Gasteiger partial charge < -0.3 is 15.4 Å². The van der Waals surface area contributed by atoms with Gasteiger partial charge in [0.25, 0.3) is 0 Å². The Labute approximate surface area is 174 Å². The quantitative estimate of drug-likeness (QED) is 0.534. The molecule has 2 heterocycles. The number of ether oxygens (including phenoxy) is 1. The summed E-state index contributed by atoms with van der Waals surface area (Å²) in [6, 6.07) is 7.48. The van der Waals surface area contributed by atoms with E-state index in [-0.39, 0.29) is 11.8 Å². The Morgan fingerprint density at radius 1 is 1.10 bits per heavy atom. The van der Waals surface area contributed by atoms with E-state index in [9.17, 15) is 13.2 Å². The van der Waals surface area contributed by atoms with Crippen molar-refractivity contribution >= 4 is 40.3 Å². The van der Waals surface area contributed by atoms with Gasteiger partial charge in [-0.2, -0.15) is 23.4 Å². The zero-order valence-electron chi connectivity index (χ0n) is 14.9. The second-order valence-corrected chi connectivity index (χ2v) is 6.84. The molecule has 1 aromatic carbocycles. The first-order chi connectivity index (χ1) is 13.8. The zero-order chi connectivity index (χ0) is 20.9. The molecule has 7 nitrogen and oxygen atoms in total. The normalized spacial score (nSPS) is 11.4. The minimum absolute atomic E-state index is 0.281. The summed E-state index contributed by atoms with van der Waals surface area (Å²) in [6.45, 7) is -1.11. The Morgan fingerprint density at radius 3 is 2.41 bits per heavy atom. The number of rotatable bonds is 7. The van der Waals surface area contributed by atoms with Crippen molar-refractivity contribution in [3.63, 3.8) is 0 Å². The Morgan fingerprint density at radius 2 is 1.76 bits per heavy atom. The largest absolute Gasteiger partial charge is 0.411 e. The lowest BCUT2D eigenvalue weighted by Gasteiger charge is -2.08. The van der Waals surface area contributed by atoms with E-state index in [0.717, 1.165) is 5.56 Å². The van der Waals surface area contributed by atoms with Gasteiger partial charge in [0.1, 0.15) is 13.3 Å². The van der Waals surface area contributed by atoms with Gasteiger partial charge in [-0.15, -0.1) is 0 Å². The Balaban J connectivity index is 1.48. The number of hydrogen-bond donors (Lipinski definition) is 2. The highest BCUT2D eigenvalue weighted by molar-refractivity contribution is 7.80. The van der Waals surface area contributed by atoms with Crippen molar-refractivity contribution in [2.24, 2.45) is 0 Å². The Bertz CT molecular complexity index is 974. The molecule has 0 aliphatic carbocycles. The second kappa shape index (κ2) is 9.25. The molecule has 0 amide bonds. The number of benzene rings is 1. The average Bonchev–Trinajstić information content (AvgIpc) is 3.23. The topological polar surface area (TPSA) is 68.9 Å². The number of halogens is 4. The van der Waals surface area contributed by atoms with Crippen LogP contribution < -0.4 is 10.6 Å². The molecule has 0 radical (unpaired) electrons. The molecule has 0 aliphatic heterocycles. The van der Waals surface area contributed by atoms with Crippen LogP contribution in [0.2, 0.25) is 5.02 Å². The summed E-state index contributed by atoms with van der Waals surface area (Å²) in [7, 11) is 0. The van der Waals surface area contributed by atoms with E-state index in [2.05, 4.69) is 25.6 Å². The first kappa shape index (κ1) is 21.1. The molecule has 3 aromatic rings. The van der Waals surface area contributed by atoms with Gasteiger partial charge in [-0.05, 0) is 29.9 Å². The van der Waals surface area contributed by atoms with Crippen molar-refractivity contribution in [3.05, 3.63) is 59.6 Å². The van der Waals surface area contributed by atoms with E-state index in [0.29, 0.717) is 22.9 Å².